The summed E-state index contributed by atoms with van der Waals surface area (Å²) < 4.78 is 0.582. The van der Waals surface area contributed by atoms with Crippen LogP contribution in [0, 0.1) is 0 Å². The van der Waals surface area contributed by atoms with Gasteiger partial charge in [0.25, 0.3) is 5.91 Å². The highest BCUT2D eigenvalue weighted by atomic mass is 79.9. The number of carbonyl (C=O) groups is 2. The minimum absolute atomic E-state index is 0.231. The number of primary amides is 1. The molecule has 0 aliphatic heterocycles. The third-order valence-electron chi connectivity index (χ3n) is 2.91. The topological polar surface area (TPSA) is 85.1 Å². The number of nitrogens with two attached hydrogens (primary N) is 1. The van der Waals surface area contributed by atoms with Gasteiger partial charge in [-0.1, -0.05) is 46.8 Å². The molecule has 6 heteroatoms. The van der Waals surface area contributed by atoms with Crippen LogP contribution >= 0.6 is 15.9 Å². The van der Waals surface area contributed by atoms with E-state index >= 15 is 0 Å². The summed E-state index contributed by atoms with van der Waals surface area (Å²) in [5.41, 5.74) is 6.22. The lowest BCUT2D eigenvalue weighted by molar-refractivity contribution is -0.119. The highest BCUT2D eigenvalue weighted by Gasteiger charge is 2.20. The van der Waals surface area contributed by atoms with Crippen LogP contribution in [0.5, 0.6) is 0 Å². The van der Waals surface area contributed by atoms with E-state index in [-0.39, 0.29) is 12.1 Å². The van der Waals surface area contributed by atoms with E-state index in [1.54, 1.807) is 12.1 Å². The normalized spacial score (nSPS) is 11.9. The number of fused-ring (bicyclic) bond motifs is 1. The predicted molar refractivity (Wildman–Crippen MR) is 84.9 cm³/mol. The second kappa shape index (κ2) is 6.49. The molecule has 0 spiro atoms. The van der Waals surface area contributed by atoms with Crippen LogP contribution in [-0.4, -0.2) is 22.8 Å². The summed E-state index contributed by atoms with van der Waals surface area (Å²) in [4.78, 5) is 27.8. The largest absolute Gasteiger partial charge is 0.368 e. The van der Waals surface area contributed by atoms with Gasteiger partial charge >= 0.3 is 0 Å². The van der Waals surface area contributed by atoms with Crippen molar-refractivity contribution < 1.29 is 9.59 Å². The molecule has 0 bridgehead atoms. The lowest BCUT2D eigenvalue weighted by atomic mass is 10.1. The molecule has 2 aromatic rings. The maximum absolute atomic E-state index is 12.2. The number of para-hydroxylation sites is 1. The molecule has 108 valence electrons. The molecule has 0 unspecified atom stereocenters. The second-order valence-corrected chi connectivity index (χ2v) is 5.66. The molecule has 0 fully saturated rings. The molecular weight excluding hydrogens is 334 g/mol. The third kappa shape index (κ3) is 3.88. The van der Waals surface area contributed by atoms with Crippen LogP contribution in [0.15, 0.2) is 47.5 Å². The zero-order valence-corrected chi connectivity index (χ0v) is 12.8. The van der Waals surface area contributed by atoms with Crippen molar-refractivity contribution in [3.05, 3.63) is 53.2 Å². The molecule has 0 aliphatic carbocycles. The summed E-state index contributed by atoms with van der Waals surface area (Å²) >= 11 is 3.15. The number of hydrogen-bond donors (Lipinski definition) is 2. The first-order valence-electron chi connectivity index (χ1n) is 6.26. The summed E-state index contributed by atoms with van der Waals surface area (Å²) in [6, 6.07) is 10.1. The van der Waals surface area contributed by atoms with Crippen molar-refractivity contribution in [1.82, 2.24) is 10.3 Å². The van der Waals surface area contributed by atoms with E-state index < -0.39 is 17.9 Å². The molecule has 21 heavy (non-hydrogen) atoms. The smallest absolute Gasteiger partial charge is 0.270 e. The molecule has 0 radical (unpaired) electrons. The van der Waals surface area contributed by atoms with Crippen LogP contribution in [0.3, 0.4) is 0 Å². The van der Waals surface area contributed by atoms with Gasteiger partial charge < -0.3 is 11.1 Å². The monoisotopic (exact) mass is 347 g/mol. The molecule has 1 aromatic heterocycles. The van der Waals surface area contributed by atoms with Crippen LogP contribution in [0.4, 0.5) is 0 Å². The molecule has 5 nitrogen and oxygen atoms in total. The Kier molecular flexibility index (Phi) is 4.70. The van der Waals surface area contributed by atoms with Crippen LogP contribution in [0.1, 0.15) is 16.9 Å². The zero-order valence-electron chi connectivity index (χ0n) is 11.2. The molecule has 2 amide bonds. The van der Waals surface area contributed by atoms with E-state index in [2.05, 4.69) is 32.8 Å². The Morgan fingerprint density at radius 1 is 1.29 bits per heavy atom. The van der Waals surface area contributed by atoms with Gasteiger partial charge in [-0.05, 0) is 16.6 Å². The summed E-state index contributed by atoms with van der Waals surface area (Å²) in [5.74, 6) is -1.07. The van der Waals surface area contributed by atoms with Gasteiger partial charge in [0.1, 0.15) is 11.7 Å². The quantitative estimate of drug-likeness (QED) is 0.868. The van der Waals surface area contributed by atoms with E-state index in [1.807, 2.05) is 24.3 Å². The average Bonchev–Trinajstić information content (AvgIpc) is 2.45. The molecule has 2 rings (SSSR count). The van der Waals surface area contributed by atoms with E-state index in [4.69, 9.17) is 5.73 Å². The average molecular weight is 348 g/mol. The minimum atomic E-state index is -0.822. The maximum Gasteiger partial charge on any atom is 0.270 e. The molecule has 0 aliphatic rings. The van der Waals surface area contributed by atoms with Crippen LogP contribution < -0.4 is 11.1 Å². The van der Waals surface area contributed by atoms with Gasteiger partial charge in [-0.2, -0.15) is 0 Å². The van der Waals surface area contributed by atoms with E-state index in [0.717, 1.165) is 5.39 Å². The Bertz CT molecular complexity index is 715. The molecule has 0 saturated heterocycles. The van der Waals surface area contributed by atoms with E-state index in [1.165, 1.54) is 0 Å². The lowest BCUT2D eigenvalue weighted by Gasteiger charge is -2.14. The van der Waals surface area contributed by atoms with Crippen molar-refractivity contribution >= 4 is 38.6 Å². The minimum Gasteiger partial charge on any atom is -0.368 e. The SMILES string of the molecule is C=C(Br)C[C@@H](NC(=O)c1ccc2ccccc2n1)C(N)=O. The lowest BCUT2D eigenvalue weighted by Crippen LogP contribution is -2.44. The summed E-state index contributed by atoms with van der Waals surface area (Å²) in [6.07, 6.45) is 0.231. The predicted octanol–water partition coefficient (Wildman–Crippen LogP) is 2.12. The second-order valence-electron chi connectivity index (χ2n) is 4.54. The zero-order chi connectivity index (χ0) is 15.4. The molecule has 1 atom stereocenters. The third-order valence-corrected chi connectivity index (χ3v) is 3.23. The van der Waals surface area contributed by atoms with Crippen molar-refractivity contribution in [3.63, 3.8) is 0 Å². The fraction of sp³-hybridized carbons (Fsp3) is 0.133. The molecular formula is C15H14BrN3O2. The van der Waals surface area contributed by atoms with Gasteiger partial charge in [-0.15, -0.1) is 0 Å². The van der Waals surface area contributed by atoms with Gasteiger partial charge in [0.15, 0.2) is 0 Å². The number of benzene rings is 1. The summed E-state index contributed by atoms with van der Waals surface area (Å²) in [6.45, 7) is 3.64. The Balaban J connectivity index is 2.20. The van der Waals surface area contributed by atoms with Gasteiger partial charge in [0.2, 0.25) is 5.91 Å². The summed E-state index contributed by atoms with van der Waals surface area (Å²) in [5, 5.41) is 3.50. The first-order valence-corrected chi connectivity index (χ1v) is 7.06. The highest BCUT2D eigenvalue weighted by molar-refractivity contribution is 9.11. The number of hydrogen-bond acceptors (Lipinski definition) is 3. The maximum atomic E-state index is 12.2. The number of aromatic nitrogens is 1. The summed E-state index contributed by atoms with van der Waals surface area (Å²) in [7, 11) is 0. The Morgan fingerprint density at radius 2 is 2.00 bits per heavy atom. The number of carbonyl (C=O) groups excluding carboxylic acids is 2. The molecule has 1 aromatic carbocycles. The Labute approximate surface area is 130 Å². The van der Waals surface area contributed by atoms with Crippen molar-refractivity contribution in [2.24, 2.45) is 5.73 Å². The molecule has 1 heterocycles. The number of nitrogens with one attached hydrogen (secondary N) is 1. The highest BCUT2D eigenvalue weighted by Crippen LogP contribution is 2.13. The number of halogens is 1. The van der Waals surface area contributed by atoms with Crippen molar-refractivity contribution in [3.8, 4) is 0 Å². The number of amides is 2. The van der Waals surface area contributed by atoms with Gasteiger partial charge in [-0.25, -0.2) is 4.98 Å². The van der Waals surface area contributed by atoms with Crippen molar-refractivity contribution in [2.75, 3.05) is 0 Å². The fourth-order valence-corrected chi connectivity index (χ4v) is 2.19. The first-order chi connectivity index (χ1) is 9.97. The van der Waals surface area contributed by atoms with Gasteiger partial charge in [-0.3, -0.25) is 9.59 Å². The number of nitrogens with zero attached hydrogens (tertiary/aromatic N) is 1. The fourth-order valence-electron chi connectivity index (χ4n) is 1.87. The van der Waals surface area contributed by atoms with Crippen LogP contribution in [0.2, 0.25) is 0 Å². The number of rotatable bonds is 5. The van der Waals surface area contributed by atoms with Crippen molar-refractivity contribution in [2.45, 2.75) is 12.5 Å². The Hall–Kier alpha value is -2.21. The molecule has 3 N–H and O–H groups in total. The van der Waals surface area contributed by atoms with Gasteiger partial charge in [0.05, 0.1) is 5.52 Å². The van der Waals surface area contributed by atoms with Gasteiger partial charge in [0, 0.05) is 11.8 Å². The standard InChI is InChI=1S/C15H14BrN3O2/c1-9(16)8-13(14(17)20)19-15(21)12-7-6-10-4-2-3-5-11(10)18-12/h2-7,13H,1,8H2,(H2,17,20)(H,19,21)/t13-/m1/s1. The van der Waals surface area contributed by atoms with Crippen LogP contribution in [-0.2, 0) is 4.79 Å². The molecule has 0 saturated carbocycles. The number of pyridine rings is 1. The van der Waals surface area contributed by atoms with E-state index in [0.29, 0.717) is 10.00 Å². The Morgan fingerprint density at radius 3 is 2.67 bits per heavy atom. The van der Waals surface area contributed by atoms with E-state index in [9.17, 15) is 9.59 Å². The van der Waals surface area contributed by atoms with Crippen LogP contribution in [0.25, 0.3) is 10.9 Å². The first kappa shape index (κ1) is 15.2. The van der Waals surface area contributed by atoms with Crippen molar-refractivity contribution in [1.29, 1.82) is 0 Å².